The Kier molecular flexibility index (Phi) is 6.14. The molecule has 0 bridgehead atoms. The number of rotatable bonds is 5. The molecule has 3 rings (SSSR count). The van der Waals surface area contributed by atoms with E-state index in [4.69, 9.17) is 5.73 Å². The average molecular weight is 412 g/mol. The fourth-order valence-electron chi connectivity index (χ4n) is 3.27. The smallest absolute Gasteiger partial charge is 0.308 e. The van der Waals surface area contributed by atoms with Crippen molar-refractivity contribution in [3.8, 4) is 0 Å². The number of hydrogen-bond donors (Lipinski definition) is 2. The number of aromatic nitrogens is 2. The highest BCUT2D eigenvalue weighted by atomic mass is 16.5. The second kappa shape index (κ2) is 8.76. The number of benzene rings is 1. The highest BCUT2D eigenvalue weighted by Gasteiger charge is 2.29. The van der Waals surface area contributed by atoms with Crippen molar-refractivity contribution in [3.05, 3.63) is 47.3 Å². The molecule has 3 N–H and O–H groups in total. The van der Waals surface area contributed by atoms with Crippen molar-refractivity contribution in [3.63, 3.8) is 0 Å². The minimum absolute atomic E-state index is 0.0788. The summed E-state index contributed by atoms with van der Waals surface area (Å²) in [5.41, 5.74) is 8.18. The molecule has 10 nitrogen and oxygen atoms in total. The Labute approximate surface area is 174 Å². The van der Waals surface area contributed by atoms with Crippen LogP contribution in [0.2, 0.25) is 0 Å². The van der Waals surface area contributed by atoms with Crippen molar-refractivity contribution in [2.24, 2.45) is 0 Å². The summed E-state index contributed by atoms with van der Waals surface area (Å²) >= 11 is 0. The van der Waals surface area contributed by atoms with Gasteiger partial charge in [0.05, 0.1) is 25.8 Å². The largest absolute Gasteiger partial charge is 0.469 e. The number of nitrogens with one attached hydrogen (secondary N) is 1. The summed E-state index contributed by atoms with van der Waals surface area (Å²) in [4.78, 5) is 48.1. The second-order valence-corrected chi connectivity index (χ2v) is 7.11. The van der Waals surface area contributed by atoms with Gasteiger partial charge in [-0.05, 0) is 29.8 Å². The number of amides is 2. The van der Waals surface area contributed by atoms with E-state index < -0.39 is 12.0 Å². The summed E-state index contributed by atoms with van der Waals surface area (Å²) in [5.74, 6) is -0.739. The lowest BCUT2D eigenvalue weighted by atomic mass is 10.1. The van der Waals surface area contributed by atoms with Gasteiger partial charge < -0.3 is 25.6 Å². The van der Waals surface area contributed by atoms with Crippen molar-refractivity contribution in [1.82, 2.24) is 19.8 Å². The Morgan fingerprint density at radius 2 is 2.13 bits per heavy atom. The van der Waals surface area contributed by atoms with Crippen LogP contribution in [0.25, 0.3) is 0 Å². The molecule has 0 spiro atoms. The van der Waals surface area contributed by atoms with Gasteiger partial charge in [-0.15, -0.1) is 0 Å². The minimum atomic E-state index is -0.726. The van der Waals surface area contributed by atoms with Crippen LogP contribution in [0.4, 0.5) is 11.6 Å². The van der Waals surface area contributed by atoms with Gasteiger partial charge in [0.2, 0.25) is 11.9 Å². The molecule has 2 amide bonds. The Bertz CT molecular complexity index is 980. The first kappa shape index (κ1) is 21.0. The number of fused-ring (bicyclic) bond motifs is 1. The molecule has 10 heteroatoms. The number of likely N-dealkylation sites (N-methyl/N-ethyl adjacent to an activating group) is 1. The molecule has 1 aromatic heterocycles. The van der Waals surface area contributed by atoms with E-state index in [9.17, 15) is 14.4 Å². The van der Waals surface area contributed by atoms with Gasteiger partial charge >= 0.3 is 5.97 Å². The van der Waals surface area contributed by atoms with Crippen molar-refractivity contribution in [2.45, 2.75) is 25.6 Å². The van der Waals surface area contributed by atoms with Crippen molar-refractivity contribution in [1.29, 1.82) is 0 Å². The van der Waals surface area contributed by atoms with Gasteiger partial charge in [-0.3, -0.25) is 14.4 Å². The number of anilines is 2. The molecule has 30 heavy (non-hydrogen) atoms. The molecule has 1 aliphatic rings. The zero-order valence-electron chi connectivity index (χ0n) is 17.1. The van der Waals surface area contributed by atoms with Gasteiger partial charge in [0, 0.05) is 38.1 Å². The summed E-state index contributed by atoms with van der Waals surface area (Å²) in [7, 11) is 4.61. The van der Waals surface area contributed by atoms with Crippen LogP contribution < -0.4 is 11.1 Å². The topological polar surface area (TPSA) is 131 Å². The molecular formula is C20H24N6O4. The van der Waals surface area contributed by atoms with Crippen molar-refractivity contribution in [2.75, 3.05) is 32.3 Å². The summed E-state index contributed by atoms with van der Waals surface area (Å²) in [6.45, 7) is 0.590. The van der Waals surface area contributed by atoms with E-state index >= 15 is 0 Å². The summed E-state index contributed by atoms with van der Waals surface area (Å²) in [6.07, 6.45) is 1.46. The number of ether oxygens (including phenoxy) is 1. The second-order valence-electron chi connectivity index (χ2n) is 7.11. The molecule has 158 valence electrons. The van der Waals surface area contributed by atoms with E-state index in [0.29, 0.717) is 23.5 Å². The molecule has 2 aromatic rings. The summed E-state index contributed by atoms with van der Waals surface area (Å²) in [6, 6.07) is 6.15. The Morgan fingerprint density at radius 1 is 1.37 bits per heavy atom. The first-order valence-corrected chi connectivity index (χ1v) is 9.32. The third-order valence-electron chi connectivity index (χ3n) is 4.84. The van der Waals surface area contributed by atoms with Crippen molar-refractivity contribution >= 4 is 29.4 Å². The third-order valence-corrected chi connectivity index (χ3v) is 4.84. The lowest BCUT2D eigenvalue weighted by Crippen LogP contribution is -2.39. The molecular weight excluding hydrogens is 388 g/mol. The van der Waals surface area contributed by atoms with Gasteiger partial charge in [0.1, 0.15) is 6.04 Å². The van der Waals surface area contributed by atoms with Crippen LogP contribution in [0.3, 0.4) is 0 Å². The molecule has 1 unspecified atom stereocenters. The zero-order valence-corrected chi connectivity index (χ0v) is 17.1. The van der Waals surface area contributed by atoms with Gasteiger partial charge in [-0.1, -0.05) is 0 Å². The SMILES string of the molecule is COC(=O)CC1Nc2ccc(C(=O)N(C)Cc3ccnc(N)n3)cc2CN(C)C1=O. The van der Waals surface area contributed by atoms with Gasteiger partial charge in [0.25, 0.3) is 5.91 Å². The Hall–Kier alpha value is -3.69. The number of carbonyl (C=O) groups is 3. The highest BCUT2D eigenvalue weighted by Crippen LogP contribution is 2.25. The van der Waals surface area contributed by atoms with Crippen LogP contribution in [0.15, 0.2) is 30.5 Å². The van der Waals surface area contributed by atoms with E-state index in [0.717, 1.165) is 5.56 Å². The minimum Gasteiger partial charge on any atom is -0.469 e. The van der Waals surface area contributed by atoms with E-state index in [1.807, 2.05) is 0 Å². The highest BCUT2D eigenvalue weighted by molar-refractivity contribution is 5.95. The fourth-order valence-corrected chi connectivity index (χ4v) is 3.27. The van der Waals surface area contributed by atoms with Gasteiger partial charge in [-0.2, -0.15) is 0 Å². The summed E-state index contributed by atoms with van der Waals surface area (Å²) in [5, 5.41) is 3.10. The van der Waals surface area contributed by atoms with Gasteiger partial charge in [0.15, 0.2) is 0 Å². The van der Waals surface area contributed by atoms with Crippen LogP contribution in [0, 0.1) is 0 Å². The number of nitrogens with zero attached hydrogens (tertiary/aromatic N) is 4. The molecule has 1 aliphatic heterocycles. The molecule has 0 saturated heterocycles. The normalized spacial score (nSPS) is 15.6. The first-order valence-electron chi connectivity index (χ1n) is 9.32. The summed E-state index contributed by atoms with van der Waals surface area (Å²) < 4.78 is 4.68. The maximum atomic E-state index is 12.9. The number of nitrogen functional groups attached to an aromatic ring is 1. The lowest BCUT2D eigenvalue weighted by molar-refractivity contribution is -0.143. The van der Waals surface area contributed by atoms with Gasteiger partial charge in [-0.25, -0.2) is 9.97 Å². The van der Waals surface area contributed by atoms with Crippen LogP contribution in [-0.2, 0) is 27.4 Å². The predicted octanol–water partition coefficient (Wildman–Crippen LogP) is 0.647. The van der Waals surface area contributed by atoms with E-state index in [2.05, 4.69) is 20.0 Å². The predicted molar refractivity (Wildman–Crippen MR) is 109 cm³/mol. The molecule has 0 aliphatic carbocycles. The number of nitrogens with two attached hydrogens (primary N) is 1. The van der Waals surface area contributed by atoms with Crippen LogP contribution in [0.5, 0.6) is 0 Å². The number of esters is 1. The molecule has 0 saturated carbocycles. The molecule has 1 atom stereocenters. The van der Waals surface area contributed by atoms with E-state index in [-0.39, 0.29) is 30.7 Å². The molecule has 0 radical (unpaired) electrons. The lowest BCUT2D eigenvalue weighted by Gasteiger charge is -2.19. The van der Waals surface area contributed by atoms with E-state index in [1.54, 1.807) is 44.6 Å². The Balaban J connectivity index is 1.79. The fraction of sp³-hybridized carbons (Fsp3) is 0.350. The molecule has 1 aromatic carbocycles. The maximum Gasteiger partial charge on any atom is 0.308 e. The Morgan fingerprint density at radius 3 is 2.83 bits per heavy atom. The average Bonchev–Trinajstić information content (AvgIpc) is 2.83. The standard InChI is InChI=1S/C20H24N6O4/c1-25-10-13-8-12(18(28)26(2)11-14-6-7-22-20(21)23-14)4-5-15(13)24-16(19(25)29)9-17(27)30-3/h4-8,16,24H,9-11H2,1-3H3,(H2,21,22,23). The molecule has 0 fully saturated rings. The molecule has 2 heterocycles. The maximum absolute atomic E-state index is 12.9. The van der Waals surface area contributed by atoms with Crippen LogP contribution >= 0.6 is 0 Å². The van der Waals surface area contributed by atoms with Crippen LogP contribution in [-0.4, -0.2) is 64.8 Å². The van der Waals surface area contributed by atoms with Crippen molar-refractivity contribution < 1.29 is 19.1 Å². The monoisotopic (exact) mass is 412 g/mol. The number of carbonyl (C=O) groups excluding carboxylic acids is 3. The quantitative estimate of drug-likeness (QED) is 0.685. The first-order chi connectivity index (χ1) is 14.3. The zero-order chi connectivity index (χ0) is 21.8. The van der Waals surface area contributed by atoms with E-state index in [1.165, 1.54) is 16.9 Å². The number of methoxy groups -OCH3 is 1. The van der Waals surface area contributed by atoms with Crippen LogP contribution in [0.1, 0.15) is 28.0 Å². The number of hydrogen-bond acceptors (Lipinski definition) is 8. The third kappa shape index (κ3) is 4.65.